The second-order valence-electron chi connectivity index (χ2n) is 13.9. The van der Waals surface area contributed by atoms with E-state index in [1.54, 1.807) is 0 Å². The van der Waals surface area contributed by atoms with Gasteiger partial charge in [-0.05, 0) is 118 Å². The fraction of sp³-hybridized carbons (Fsp3) is 0.559. The van der Waals surface area contributed by atoms with Gasteiger partial charge in [0.15, 0.2) is 5.82 Å². The van der Waals surface area contributed by atoms with Crippen molar-refractivity contribution >= 4 is 11.6 Å². The number of benzene rings is 2. The van der Waals surface area contributed by atoms with Gasteiger partial charge in [-0.2, -0.15) is 4.98 Å². The number of aromatic nitrogens is 2. The Bertz CT molecular complexity index is 1450. The van der Waals surface area contributed by atoms with Gasteiger partial charge in [0.2, 0.25) is 11.8 Å². The normalized spacial score (nSPS) is 33.1. The Morgan fingerprint density at radius 1 is 1.00 bits per heavy atom. The summed E-state index contributed by atoms with van der Waals surface area (Å²) in [5, 5.41) is 4.32. The van der Waals surface area contributed by atoms with Gasteiger partial charge >= 0.3 is 0 Å². The van der Waals surface area contributed by atoms with Gasteiger partial charge in [-0.1, -0.05) is 29.4 Å². The zero-order chi connectivity index (χ0) is 27.9. The lowest BCUT2D eigenvalue weighted by Crippen LogP contribution is -2.71. The molecule has 0 radical (unpaired) electrons. The Labute approximate surface area is 240 Å². The van der Waals surface area contributed by atoms with E-state index in [9.17, 15) is 9.18 Å². The number of nitrogens with zero attached hydrogens (tertiary/aromatic N) is 3. The van der Waals surface area contributed by atoms with Crippen LogP contribution in [-0.2, 0) is 10.2 Å². The van der Waals surface area contributed by atoms with E-state index in [0.29, 0.717) is 38.3 Å². The molecular formula is C34H38FN3O3. The summed E-state index contributed by atoms with van der Waals surface area (Å²) in [4.78, 5) is 21.1. The Hall–Kier alpha value is -3.22. The molecule has 0 atom stereocenters. The Balaban J connectivity index is 1.06. The van der Waals surface area contributed by atoms with Crippen LogP contribution in [-0.4, -0.2) is 34.9 Å². The van der Waals surface area contributed by atoms with E-state index >= 15 is 0 Å². The summed E-state index contributed by atoms with van der Waals surface area (Å²) in [6, 6.07) is 16.4. The first kappa shape index (κ1) is 25.5. The zero-order valence-corrected chi connectivity index (χ0v) is 23.8. The van der Waals surface area contributed by atoms with Gasteiger partial charge in [-0.15, -0.1) is 0 Å². The van der Waals surface area contributed by atoms with E-state index in [0.717, 1.165) is 72.8 Å². The number of amides is 1. The second kappa shape index (κ2) is 8.89. The lowest BCUT2D eigenvalue weighted by Gasteiger charge is -2.65. The molecular weight excluding hydrogens is 517 g/mol. The molecule has 7 aliphatic rings. The first-order chi connectivity index (χ1) is 19.8. The summed E-state index contributed by atoms with van der Waals surface area (Å²) in [6.07, 6.45) is 9.65. The maximum atomic E-state index is 14.6. The summed E-state index contributed by atoms with van der Waals surface area (Å²) in [7, 11) is 0. The number of carbonyl (C=O) groups excluding carboxylic acids is 1. The summed E-state index contributed by atoms with van der Waals surface area (Å²) in [5.74, 6) is 3.19. The van der Waals surface area contributed by atoms with E-state index in [1.165, 1.54) is 12.8 Å². The molecule has 0 unspecified atom stereocenters. The minimum atomic E-state index is -1.11. The van der Waals surface area contributed by atoms with Crippen LogP contribution in [0.2, 0.25) is 0 Å². The second-order valence-corrected chi connectivity index (χ2v) is 13.9. The number of carbonyl (C=O) groups is 1. The predicted molar refractivity (Wildman–Crippen MR) is 154 cm³/mol. The smallest absolute Gasteiger partial charge is 0.233 e. The van der Waals surface area contributed by atoms with Crippen LogP contribution < -0.4 is 9.64 Å². The van der Waals surface area contributed by atoms with Crippen LogP contribution in [0.3, 0.4) is 0 Å². The van der Waals surface area contributed by atoms with Gasteiger partial charge in [0.1, 0.15) is 11.4 Å². The van der Waals surface area contributed by atoms with Crippen LogP contribution in [0.25, 0.3) is 11.1 Å². The molecule has 0 N–H and O–H groups in total. The first-order valence-corrected chi connectivity index (χ1v) is 15.5. The molecule has 7 aliphatic carbocycles. The Morgan fingerprint density at radius 3 is 2.34 bits per heavy atom. The summed E-state index contributed by atoms with van der Waals surface area (Å²) in [5.41, 5.74) is 1.48. The molecule has 1 heterocycles. The number of rotatable bonds is 9. The van der Waals surface area contributed by atoms with E-state index in [2.05, 4.69) is 35.5 Å². The highest BCUT2D eigenvalue weighted by atomic mass is 19.1. The molecule has 0 saturated heterocycles. The lowest BCUT2D eigenvalue weighted by molar-refractivity contribution is -0.211. The third-order valence-corrected chi connectivity index (χ3v) is 11.1. The molecule has 7 fully saturated rings. The number of fused-ring (bicyclic) bond motifs is 3. The third-order valence-electron chi connectivity index (χ3n) is 11.1. The van der Waals surface area contributed by atoms with Gasteiger partial charge in [0, 0.05) is 23.6 Å². The monoisotopic (exact) mass is 555 g/mol. The van der Waals surface area contributed by atoms with Crippen molar-refractivity contribution in [1.29, 1.82) is 0 Å². The van der Waals surface area contributed by atoms with Crippen LogP contribution in [0, 0.1) is 10.8 Å². The number of anilines is 1. The maximum Gasteiger partial charge on any atom is 0.233 e. The predicted octanol–water partition coefficient (Wildman–Crippen LogP) is 7.53. The Kier molecular flexibility index (Phi) is 5.53. The number of hydrogen-bond donors (Lipinski definition) is 0. The zero-order valence-electron chi connectivity index (χ0n) is 23.8. The Morgan fingerprint density at radius 2 is 1.71 bits per heavy atom. The van der Waals surface area contributed by atoms with Crippen molar-refractivity contribution in [2.75, 3.05) is 18.1 Å². The standard InChI is InChI=1S/C34H38FN3O3/c1-2-40-27-10-8-23(9-11-27)25-4-3-5-26(18-25)38(30(39)33-19-34(35,20-33)21-33)22-31-12-15-32(16-13-31,17-14-31)29-36-28(37-41-29)24-6-7-24/h3-5,8-11,18,24H,2,6-7,12-17,19-22H2,1H3. The molecule has 1 aromatic heterocycles. The van der Waals surface area contributed by atoms with Gasteiger partial charge in [-0.3, -0.25) is 4.79 Å². The molecule has 1 amide bonds. The van der Waals surface area contributed by atoms with Crippen molar-refractivity contribution in [2.45, 2.75) is 94.6 Å². The number of halogens is 1. The summed E-state index contributed by atoms with van der Waals surface area (Å²) < 4.78 is 26.0. The van der Waals surface area contributed by atoms with Gasteiger partial charge in [0.25, 0.3) is 0 Å². The molecule has 0 spiro atoms. The molecule has 10 rings (SSSR count). The molecule has 3 aromatic rings. The van der Waals surface area contributed by atoms with Gasteiger partial charge < -0.3 is 14.2 Å². The van der Waals surface area contributed by atoms with E-state index < -0.39 is 11.1 Å². The molecule has 7 saturated carbocycles. The van der Waals surface area contributed by atoms with Crippen molar-refractivity contribution < 1.29 is 18.4 Å². The topological polar surface area (TPSA) is 68.5 Å². The quantitative estimate of drug-likeness (QED) is 0.273. The van der Waals surface area contributed by atoms with Crippen LogP contribution in [0.5, 0.6) is 5.75 Å². The molecule has 7 heteroatoms. The van der Waals surface area contributed by atoms with Crippen molar-refractivity contribution in [2.24, 2.45) is 10.8 Å². The number of hydrogen-bond acceptors (Lipinski definition) is 5. The molecule has 214 valence electrons. The van der Waals surface area contributed by atoms with Crippen LogP contribution in [0.15, 0.2) is 53.1 Å². The number of alkyl halides is 1. The van der Waals surface area contributed by atoms with Crippen LogP contribution >= 0.6 is 0 Å². The number of ether oxygens (including phenoxy) is 1. The third kappa shape index (κ3) is 4.13. The average Bonchev–Trinajstić information content (AvgIpc) is 3.70. The maximum absolute atomic E-state index is 14.6. The molecule has 41 heavy (non-hydrogen) atoms. The highest BCUT2D eigenvalue weighted by Gasteiger charge is 2.73. The van der Waals surface area contributed by atoms with Crippen LogP contribution in [0.4, 0.5) is 10.1 Å². The van der Waals surface area contributed by atoms with E-state index in [-0.39, 0.29) is 16.7 Å². The van der Waals surface area contributed by atoms with Crippen molar-refractivity contribution in [3.63, 3.8) is 0 Å². The van der Waals surface area contributed by atoms with Crippen molar-refractivity contribution in [3.8, 4) is 16.9 Å². The molecule has 0 aliphatic heterocycles. The lowest BCUT2D eigenvalue weighted by atomic mass is 9.41. The van der Waals surface area contributed by atoms with Crippen LogP contribution in [0.1, 0.15) is 95.2 Å². The highest BCUT2D eigenvalue weighted by molar-refractivity contribution is 6.00. The first-order valence-electron chi connectivity index (χ1n) is 15.5. The molecule has 4 bridgehead atoms. The van der Waals surface area contributed by atoms with E-state index in [1.807, 2.05) is 30.0 Å². The largest absolute Gasteiger partial charge is 0.494 e. The van der Waals surface area contributed by atoms with Crippen molar-refractivity contribution in [3.05, 3.63) is 60.2 Å². The fourth-order valence-electron chi connectivity index (χ4n) is 8.34. The molecule has 2 aromatic carbocycles. The highest BCUT2D eigenvalue weighted by Crippen LogP contribution is 2.70. The summed E-state index contributed by atoms with van der Waals surface area (Å²) >= 11 is 0. The minimum absolute atomic E-state index is 0.0151. The van der Waals surface area contributed by atoms with Gasteiger partial charge in [-0.25, -0.2) is 4.39 Å². The van der Waals surface area contributed by atoms with E-state index in [4.69, 9.17) is 14.2 Å². The average molecular weight is 556 g/mol. The fourth-order valence-corrected chi connectivity index (χ4v) is 8.34. The molecule has 6 nitrogen and oxygen atoms in total. The SMILES string of the molecule is CCOc1ccc(-c2cccc(N(CC34CCC(c5nc(C6CC6)no5)(CC3)CC4)C(=O)C34CC(F)(C3)C4)c2)cc1. The van der Waals surface area contributed by atoms with Gasteiger partial charge in [0.05, 0.1) is 12.0 Å². The minimum Gasteiger partial charge on any atom is -0.494 e. The summed E-state index contributed by atoms with van der Waals surface area (Å²) in [6.45, 7) is 3.30. The van der Waals surface area contributed by atoms with Crippen molar-refractivity contribution in [1.82, 2.24) is 10.1 Å².